The Morgan fingerprint density at radius 3 is 2.47 bits per heavy atom. The molecule has 0 unspecified atom stereocenters. The molecule has 0 aliphatic rings. The lowest BCUT2D eigenvalue weighted by Gasteiger charge is -2.15. The Morgan fingerprint density at radius 1 is 1.32 bits per heavy atom. The van der Waals surface area contributed by atoms with Crippen molar-refractivity contribution in [1.29, 1.82) is 0 Å². The van der Waals surface area contributed by atoms with Gasteiger partial charge in [0.05, 0.1) is 12.8 Å². The minimum Gasteiger partial charge on any atom is -0.497 e. The SMILES string of the molecule is COc1ccc(-c2nc(C(C)(C)C(=O)O)cs2)cc1. The van der Waals surface area contributed by atoms with Gasteiger partial charge < -0.3 is 9.84 Å². The second-order valence-corrected chi connectivity index (χ2v) is 5.55. The number of carbonyl (C=O) groups is 1. The van der Waals surface area contributed by atoms with Crippen LogP contribution in [-0.2, 0) is 10.2 Å². The van der Waals surface area contributed by atoms with E-state index in [0.717, 1.165) is 16.3 Å². The van der Waals surface area contributed by atoms with E-state index in [2.05, 4.69) is 4.98 Å². The van der Waals surface area contributed by atoms with Crippen LogP contribution in [0.15, 0.2) is 29.6 Å². The predicted octanol–water partition coefficient (Wildman–Crippen LogP) is 3.18. The van der Waals surface area contributed by atoms with E-state index in [4.69, 9.17) is 4.74 Å². The molecule has 0 aliphatic heterocycles. The van der Waals surface area contributed by atoms with Crippen molar-refractivity contribution in [2.75, 3.05) is 7.11 Å². The summed E-state index contributed by atoms with van der Waals surface area (Å²) >= 11 is 1.45. The Bertz CT molecular complexity index is 587. The standard InChI is InChI=1S/C14H15NO3S/c1-14(2,13(16)17)11-8-19-12(15-11)9-4-6-10(18-3)7-5-9/h4-8H,1-3H3,(H,16,17). The molecule has 0 radical (unpaired) electrons. The summed E-state index contributed by atoms with van der Waals surface area (Å²) in [6, 6.07) is 7.54. The largest absolute Gasteiger partial charge is 0.497 e. The highest BCUT2D eigenvalue weighted by Gasteiger charge is 2.32. The molecule has 2 rings (SSSR count). The predicted molar refractivity (Wildman–Crippen MR) is 74.8 cm³/mol. The monoisotopic (exact) mass is 277 g/mol. The van der Waals surface area contributed by atoms with E-state index < -0.39 is 11.4 Å². The van der Waals surface area contributed by atoms with Crippen LogP contribution >= 0.6 is 11.3 Å². The van der Waals surface area contributed by atoms with Gasteiger partial charge in [-0.3, -0.25) is 4.79 Å². The zero-order valence-electron chi connectivity index (χ0n) is 11.0. The van der Waals surface area contributed by atoms with Gasteiger partial charge in [-0.15, -0.1) is 11.3 Å². The first-order valence-corrected chi connectivity index (χ1v) is 6.67. The van der Waals surface area contributed by atoms with E-state index in [1.54, 1.807) is 26.3 Å². The molecule has 0 saturated carbocycles. The summed E-state index contributed by atoms with van der Waals surface area (Å²) < 4.78 is 5.10. The van der Waals surface area contributed by atoms with Gasteiger partial charge >= 0.3 is 5.97 Å². The maximum absolute atomic E-state index is 11.2. The van der Waals surface area contributed by atoms with Crippen molar-refractivity contribution < 1.29 is 14.6 Å². The van der Waals surface area contributed by atoms with Gasteiger partial charge in [0, 0.05) is 10.9 Å². The Hall–Kier alpha value is -1.88. The van der Waals surface area contributed by atoms with Crippen molar-refractivity contribution >= 4 is 17.3 Å². The van der Waals surface area contributed by atoms with Crippen molar-refractivity contribution in [1.82, 2.24) is 4.98 Å². The smallest absolute Gasteiger partial charge is 0.315 e. The second kappa shape index (κ2) is 5.01. The van der Waals surface area contributed by atoms with E-state index in [1.807, 2.05) is 24.3 Å². The lowest BCUT2D eigenvalue weighted by atomic mass is 9.90. The number of carboxylic acid groups (broad SMARTS) is 1. The lowest BCUT2D eigenvalue weighted by Crippen LogP contribution is -2.28. The van der Waals surface area contributed by atoms with E-state index in [1.165, 1.54) is 11.3 Å². The minimum atomic E-state index is -0.971. The summed E-state index contributed by atoms with van der Waals surface area (Å²) in [6.07, 6.45) is 0. The number of rotatable bonds is 4. The highest BCUT2D eigenvalue weighted by molar-refractivity contribution is 7.13. The summed E-state index contributed by atoms with van der Waals surface area (Å²) in [7, 11) is 1.62. The van der Waals surface area contributed by atoms with Crippen molar-refractivity contribution in [3.8, 4) is 16.3 Å². The Labute approximate surface area is 115 Å². The normalized spacial score (nSPS) is 11.3. The summed E-state index contributed by atoms with van der Waals surface area (Å²) in [5.41, 5.74) is 0.565. The van der Waals surface area contributed by atoms with Crippen LogP contribution in [0.5, 0.6) is 5.75 Å². The summed E-state index contributed by atoms with van der Waals surface area (Å²) in [6.45, 7) is 3.31. The van der Waals surface area contributed by atoms with Crippen molar-refractivity contribution in [2.24, 2.45) is 0 Å². The van der Waals surface area contributed by atoms with Crippen LogP contribution < -0.4 is 4.74 Å². The first-order valence-electron chi connectivity index (χ1n) is 5.79. The number of aliphatic carboxylic acids is 1. The number of hydrogen-bond donors (Lipinski definition) is 1. The zero-order valence-corrected chi connectivity index (χ0v) is 11.8. The van der Waals surface area contributed by atoms with Crippen LogP contribution in [-0.4, -0.2) is 23.2 Å². The molecule has 100 valence electrons. The second-order valence-electron chi connectivity index (χ2n) is 4.70. The molecule has 1 aromatic heterocycles. The fourth-order valence-corrected chi connectivity index (χ4v) is 2.53. The van der Waals surface area contributed by atoms with Crippen LogP contribution in [0.1, 0.15) is 19.5 Å². The quantitative estimate of drug-likeness (QED) is 0.932. The van der Waals surface area contributed by atoms with Crippen molar-refractivity contribution in [2.45, 2.75) is 19.3 Å². The third kappa shape index (κ3) is 2.61. The maximum atomic E-state index is 11.2. The highest BCUT2D eigenvalue weighted by Crippen LogP contribution is 2.31. The third-order valence-corrected chi connectivity index (χ3v) is 3.91. The van der Waals surface area contributed by atoms with Crippen LogP contribution in [0.25, 0.3) is 10.6 Å². The fraction of sp³-hybridized carbons (Fsp3) is 0.286. The first-order chi connectivity index (χ1) is 8.95. The molecule has 2 aromatic rings. The molecule has 1 heterocycles. The number of hydrogen-bond acceptors (Lipinski definition) is 4. The number of carboxylic acids is 1. The third-order valence-electron chi connectivity index (χ3n) is 3.02. The Balaban J connectivity index is 2.32. The average Bonchev–Trinajstić information content (AvgIpc) is 2.89. The molecule has 0 amide bonds. The van der Waals surface area contributed by atoms with E-state index in [9.17, 15) is 9.90 Å². The fourth-order valence-electron chi connectivity index (χ4n) is 1.54. The van der Waals surface area contributed by atoms with Crippen LogP contribution in [0.2, 0.25) is 0 Å². The molecule has 0 spiro atoms. The number of ether oxygens (including phenoxy) is 1. The highest BCUT2D eigenvalue weighted by atomic mass is 32.1. The molecule has 0 aliphatic carbocycles. The number of aromatic nitrogens is 1. The number of methoxy groups -OCH3 is 1. The molecule has 19 heavy (non-hydrogen) atoms. The molecule has 0 fully saturated rings. The molecular weight excluding hydrogens is 262 g/mol. The average molecular weight is 277 g/mol. The molecular formula is C14H15NO3S. The van der Waals surface area contributed by atoms with Gasteiger partial charge in [-0.25, -0.2) is 4.98 Å². The van der Waals surface area contributed by atoms with Crippen LogP contribution in [0.4, 0.5) is 0 Å². The van der Waals surface area contributed by atoms with Crippen LogP contribution in [0, 0.1) is 0 Å². The van der Waals surface area contributed by atoms with Gasteiger partial charge in [-0.2, -0.15) is 0 Å². The maximum Gasteiger partial charge on any atom is 0.315 e. The van der Waals surface area contributed by atoms with Gasteiger partial charge in [0.2, 0.25) is 0 Å². The molecule has 5 heteroatoms. The van der Waals surface area contributed by atoms with E-state index in [0.29, 0.717) is 5.69 Å². The number of thiazole rings is 1. The van der Waals surface area contributed by atoms with Gasteiger partial charge in [0.1, 0.15) is 16.2 Å². The molecule has 0 saturated heterocycles. The zero-order chi connectivity index (χ0) is 14.0. The van der Waals surface area contributed by atoms with Gasteiger partial charge in [0.25, 0.3) is 0 Å². The van der Waals surface area contributed by atoms with Crippen LogP contribution in [0.3, 0.4) is 0 Å². The molecule has 0 bridgehead atoms. The minimum absolute atomic E-state index is 0.579. The molecule has 0 atom stereocenters. The van der Waals surface area contributed by atoms with Crippen molar-refractivity contribution in [3.05, 3.63) is 35.3 Å². The Morgan fingerprint density at radius 2 is 1.95 bits per heavy atom. The molecule has 1 N–H and O–H groups in total. The lowest BCUT2D eigenvalue weighted by molar-refractivity contribution is -0.142. The van der Waals surface area contributed by atoms with E-state index >= 15 is 0 Å². The van der Waals surface area contributed by atoms with Gasteiger partial charge in [-0.1, -0.05) is 0 Å². The summed E-state index contributed by atoms with van der Waals surface area (Å²) in [4.78, 5) is 15.6. The summed E-state index contributed by atoms with van der Waals surface area (Å²) in [5.74, 6) is -0.0922. The number of nitrogens with zero attached hydrogens (tertiary/aromatic N) is 1. The molecule has 1 aromatic carbocycles. The first kappa shape index (κ1) is 13.5. The topological polar surface area (TPSA) is 59.4 Å². The van der Waals surface area contributed by atoms with Crippen molar-refractivity contribution in [3.63, 3.8) is 0 Å². The summed E-state index contributed by atoms with van der Waals surface area (Å²) in [5, 5.41) is 11.8. The number of benzene rings is 1. The van der Waals surface area contributed by atoms with Gasteiger partial charge in [-0.05, 0) is 38.1 Å². The molecule has 4 nitrogen and oxygen atoms in total. The Kier molecular flexibility index (Phi) is 3.57. The van der Waals surface area contributed by atoms with Gasteiger partial charge in [0.15, 0.2) is 0 Å². The van der Waals surface area contributed by atoms with E-state index in [-0.39, 0.29) is 0 Å².